The zero-order valence-corrected chi connectivity index (χ0v) is 11.3. The molecule has 2 rings (SSSR count). The van der Waals surface area contributed by atoms with Gasteiger partial charge < -0.3 is 14.7 Å². The fourth-order valence-electron chi connectivity index (χ4n) is 2.00. The maximum absolute atomic E-state index is 13.1. The van der Waals surface area contributed by atoms with E-state index in [4.69, 9.17) is 4.74 Å². The Morgan fingerprint density at radius 3 is 2.58 bits per heavy atom. The Bertz CT molecular complexity index is 490. The zero-order chi connectivity index (χ0) is 14.3. The Balaban J connectivity index is 2.00. The predicted molar refractivity (Wildman–Crippen MR) is 68.1 cm³/mol. The Hall–Kier alpha value is -1.62. The number of carbonyl (C=O) groups is 1. The number of hydrogen-bond donors (Lipinski definition) is 1. The molecule has 19 heavy (non-hydrogen) atoms. The highest BCUT2D eigenvalue weighted by Crippen LogP contribution is 2.33. The van der Waals surface area contributed by atoms with E-state index in [2.05, 4.69) is 0 Å². The number of ether oxygens (including phenoxy) is 1. The second-order valence-electron chi connectivity index (χ2n) is 5.88. The van der Waals surface area contributed by atoms with Gasteiger partial charge in [-0.2, -0.15) is 0 Å². The van der Waals surface area contributed by atoms with Gasteiger partial charge in [-0.05, 0) is 38.5 Å². The van der Waals surface area contributed by atoms with Gasteiger partial charge in [0, 0.05) is 0 Å². The van der Waals surface area contributed by atoms with Crippen LogP contribution in [-0.2, 0) is 10.3 Å². The highest BCUT2D eigenvalue weighted by molar-refractivity contribution is 5.70. The maximum atomic E-state index is 13.1. The molecule has 1 amide bonds. The fourth-order valence-corrected chi connectivity index (χ4v) is 2.00. The van der Waals surface area contributed by atoms with Crippen LogP contribution >= 0.6 is 0 Å². The van der Waals surface area contributed by atoms with Crippen molar-refractivity contribution in [3.8, 4) is 0 Å². The van der Waals surface area contributed by atoms with Gasteiger partial charge in [0.05, 0.1) is 13.1 Å². The number of amides is 1. The summed E-state index contributed by atoms with van der Waals surface area (Å²) in [6.07, 6.45) is -0.464. The molecule has 0 atom stereocenters. The number of rotatable bonds is 1. The summed E-state index contributed by atoms with van der Waals surface area (Å²) < 4.78 is 18.3. The van der Waals surface area contributed by atoms with Gasteiger partial charge in [-0.15, -0.1) is 0 Å². The Morgan fingerprint density at radius 1 is 1.42 bits per heavy atom. The fraction of sp³-hybridized carbons (Fsp3) is 0.500. The number of aliphatic hydroxyl groups is 1. The highest BCUT2D eigenvalue weighted by atomic mass is 19.1. The second-order valence-corrected chi connectivity index (χ2v) is 5.88. The summed E-state index contributed by atoms with van der Waals surface area (Å²) in [6.45, 7) is 5.58. The van der Waals surface area contributed by atoms with Crippen molar-refractivity contribution in [3.63, 3.8) is 0 Å². The van der Waals surface area contributed by atoms with E-state index >= 15 is 0 Å². The van der Waals surface area contributed by atoms with E-state index < -0.39 is 23.1 Å². The van der Waals surface area contributed by atoms with E-state index in [9.17, 15) is 14.3 Å². The minimum Gasteiger partial charge on any atom is -0.444 e. The molecule has 1 fully saturated rings. The molecule has 1 aromatic rings. The van der Waals surface area contributed by atoms with Crippen LogP contribution in [0.3, 0.4) is 0 Å². The van der Waals surface area contributed by atoms with Crippen molar-refractivity contribution in [2.75, 3.05) is 13.1 Å². The molecule has 1 aliphatic heterocycles. The van der Waals surface area contributed by atoms with Gasteiger partial charge in [0.15, 0.2) is 0 Å². The third-order valence-corrected chi connectivity index (χ3v) is 2.92. The number of β-amino-alcohol motifs (C(OH)–C–C–N with tert-alkyl or cyclic N) is 1. The summed E-state index contributed by atoms with van der Waals surface area (Å²) in [5.41, 5.74) is -1.27. The molecule has 1 saturated heterocycles. The molecule has 4 nitrogen and oxygen atoms in total. The van der Waals surface area contributed by atoms with E-state index in [0.29, 0.717) is 5.56 Å². The molecule has 1 heterocycles. The number of hydrogen-bond acceptors (Lipinski definition) is 3. The third kappa shape index (κ3) is 3.04. The van der Waals surface area contributed by atoms with Crippen molar-refractivity contribution >= 4 is 6.09 Å². The highest BCUT2D eigenvalue weighted by Gasteiger charge is 2.46. The van der Waals surface area contributed by atoms with Gasteiger partial charge in [-0.25, -0.2) is 9.18 Å². The Morgan fingerprint density at radius 2 is 2.05 bits per heavy atom. The molecule has 0 unspecified atom stereocenters. The van der Waals surface area contributed by atoms with Crippen LogP contribution in [0.4, 0.5) is 9.18 Å². The molecule has 1 N–H and O–H groups in total. The maximum Gasteiger partial charge on any atom is 0.410 e. The monoisotopic (exact) mass is 267 g/mol. The molecule has 0 aliphatic carbocycles. The van der Waals surface area contributed by atoms with Crippen molar-refractivity contribution in [2.24, 2.45) is 0 Å². The van der Waals surface area contributed by atoms with E-state index in [0.717, 1.165) is 0 Å². The summed E-state index contributed by atoms with van der Waals surface area (Å²) in [6, 6.07) is 5.79. The molecular formula is C14H18FNO3. The van der Waals surface area contributed by atoms with Gasteiger partial charge in [0.2, 0.25) is 0 Å². The number of nitrogens with zero attached hydrogens (tertiary/aromatic N) is 1. The number of benzene rings is 1. The van der Waals surface area contributed by atoms with Crippen LogP contribution in [-0.4, -0.2) is 34.8 Å². The Kier molecular flexibility index (Phi) is 3.26. The molecule has 5 heteroatoms. The predicted octanol–water partition coefficient (Wildman–Crippen LogP) is 2.26. The summed E-state index contributed by atoms with van der Waals surface area (Å²) in [5.74, 6) is -0.401. The third-order valence-electron chi connectivity index (χ3n) is 2.92. The molecule has 0 bridgehead atoms. The lowest BCUT2D eigenvalue weighted by Crippen LogP contribution is -2.61. The lowest BCUT2D eigenvalue weighted by atomic mass is 9.86. The molecule has 104 valence electrons. The SMILES string of the molecule is CC(C)(C)OC(=O)N1CC(O)(c2cccc(F)c2)C1. The first kappa shape index (κ1) is 13.8. The van der Waals surface area contributed by atoms with Crippen LogP contribution < -0.4 is 0 Å². The van der Waals surface area contributed by atoms with Crippen molar-refractivity contribution < 1.29 is 19.0 Å². The smallest absolute Gasteiger partial charge is 0.410 e. The number of likely N-dealkylation sites (tertiary alicyclic amines) is 1. The minimum atomic E-state index is -1.18. The van der Waals surface area contributed by atoms with E-state index in [1.165, 1.54) is 17.0 Å². The van der Waals surface area contributed by atoms with Crippen molar-refractivity contribution in [1.29, 1.82) is 0 Å². The molecule has 1 aliphatic rings. The summed E-state index contributed by atoms with van der Waals surface area (Å²) in [7, 11) is 0. The second kappa shape index (κ2) is 4.49. The quantitative estimate of drug-likeness (QED) is 0.849. The normalized spacial score (nSPS) is 17.8. The standard InChI is InChI=1S/C14H18FNO3/c1-13(2,3)19-12(17)16-8-14(18,9-16)10-5-4-6-11(15)7-10/h4-7,18H,8-9H2,1-3H3. The zero-order valence-electron chi connectivity index (χ0n) is 11.3. The molecular weight excluding hydrogens is 249 g/mol. The first-order chi connectivity index (χ1) is 8.70. The summed E-state index contributed by atoms with van der Waals surface area (Å²) in [4.78, 5) is 13.1. The minimum absolute atomic E-state index is 0.116. The van der Waals surface area contributed by atoms with E-state index in [-0.39, 0.29) is 13.1 Å². The molecule has 0 saturated carbocycles. The van der Waals surface area contributed by atoms with Gasteiger partial charge in [0.25, 0.3) is 0 Å². The van der Waals surface area contributed by atoms with Crippen LogP contribution in [0.15, 0.2) is 24.3 Å². The van der Waals surface area contributed by atoms with E-state index in [1.54, 1.807) is 32.9 Å². The summed E-state index contributed by atoms with van der Waals surface area (Å²) in [5, 5.41) is 10.3. The van der Waals surface area contributed by atoms with Crippen LogP contribution in [0.2, 0.25) is 0 Å². The first-order valence-corrected chi connectivity index (χ1v) is 6.16. The van der Waals surface area contributed by atoms with Crippen molar-refractivity contribution in [3.05, 3.63) is 35.6 Å². The largest absolute Gasteiger partial charge is 0.444 e. The number of carbonyl (C=O) groups excluding carboxylic acids is 1. The number of halogens is 1. The summed E-state index contributed by atoms with van der Waals surface area (Å²) >= 11 is 0. The van der Waals surface area contributed by atoms with Gasteiger partial charge in [0.1, 0.15) is 17.0 Å². The average molecular weight is 267 g/mol. The molecule has 0 spiro atoms. The van der Waals surface area contributed by atoms with E-state index in [1.807, 2.05) is 0 Å². The molecule has 1 aromatic carbocycles. The average Bonchev–Trinajstić information content (AvgIpc) is 2.22. The van der Waals surface area contributed by atoms with Crippen LogP contribution in [0.25, 0.3) is 0 Å². The first-order valence-electron chi connectivity index (χ1n) is 6.16. The van der Waals surface area contributed by atoms with Crippen LogP contribution in [0.5, 0.6) is 0 Å². The molecule has 0 radical (unpaired) electrons. The van der Waals surface area contributed by atoms with Gasteiger partial charge >= 0.3 is 6.09 Å². The van der Waals surface area contributed by atoms with Crippen LogP contribution in [0.1, 0.15) is 26.3 Å². The van der Waals surface area contributed by atoms with Crippen molar-refractivity contribution in [1.82, 2.24) is 4.90 Å². The van der Waals surface area contributed by atoms with Crippen molar-refractivity contribution in [2.45, 2.75) is 32.0 Å². The van der Waals surface area contributed by atoms with Gasteiger partial charge in [-0.1, -0.05) is 12.1 Å². The Labute approximate surface area is 111 Å². The van der Waals surface area contributed by atoms with Crippen LogP contribution in [0, 0.1) is 5.82 Å². The lowest BCUT2D eigenvalue weighted by molar-refractivity contribution is -0.103. The molecule has 0 aromatic heterocycles. The lowest BCUT2D eigenvalue weighted by Gasteiger charge is -2.46. The van der Waals surface area contributed by atoms with Gasteiger partial charge in [-0.3, -0.25) is 0 Å². The topological polar surface area (TPSA) is 49.8 Å².